The van der Waals surface area contributed by atoms with E-state index in [1.807, 2.05) is 25.1 Å². The van der Waals surface area contributed by atoms with E-state index in [2.05, 4.69) is 15.9 Å². The van der Waals surface area contributed by atoms with Crippen molar-refractivity contribution >= 4 is 21.8 Å². The maximum Gasteiger partial charge on any atom is 0.275 e. The van der Waals surface area contributed by atoms with Crippen LogP contribution >= 0.6 is 15.9 Å². The molecule has 1 saturated heterocycles. The number of hydrogen-bond acceptors (Lipinski definition) is 3. The van der Waals surface area contributed by atoms with Gasteiger partial charge in [0.05, 0.1) is 6.10 Å². The number of nitrogens with zero attached hydrogens (tertiary/aromatic N) is 1. The minimum Gasteiger partial charge on any atom is -0.362 e. The second-order valence-electron chi connectivity index (χ2n) is 5.13. The number of fused-ring (bicyclic) bond motifs is 3. The van der Waals surface area contributed by atoms with Crippen LogP contribution in [0.5, 0.6) is 0 Å². The fourth-order valence-electron chi connectivity index (χ4n) is 2.97. The maximum atomic E-state index is 12.1. The van der Waals surface area contributed by atoms with E-state index in [0.717, 1.165) is 33.5 Å². The minimum absolute atomic E-state index is 0.136. The van der Waals surface area contributed by atoms with Crippen molar-refractivity contribution in [2.24, 2.45) is 0 Å². The summed E-state index contributed by atoms with van der Waals surface area (Å²) in [5.74, 6) is -0.323. The van der Waals surface area contributed by atoms with Crippen molar-refractivity contribution in [2.75, 3.05) is 0 Å². The Balaban J connectivity index is 1.93. The lowest BCUT2D eigenvalue weighted by Crippen LogP contribution is -2.51. The number of halogens is 1. The molecule has 0 spiro atoms. The number of morpholine rings is 1. The monoisotopic (exact) mass is 325 g/mol. The summed E-state index contributed by atoms with van der Waals surface area (Å²) in [5.41, 5.74) is 2.12. The summed E-state index contributed by atoms with van der Waals surface area (Å²) in [6, 6.07) is 5.59. The number of ether oxygens (including phenoxy) is 1. The zero-order chi connectivity index (χ0) is 13.6. The Kier molecular flexibility index (Phi) is 3.37. The van der Waals surface area contributed by atoms with Gasteiger partial charge in [-0.25, -0.2) is 5.06 Å². The number of rotatable bonds is 2. The summed E-state index contributed by atoms with van der Waals surface area (Å²) in [5, 5.41) is 11.1. The predicted molar refractivity (Wildman–Crippen MR) is 72.8 cm³/mol. The largest absolute Gasteiger partial charge is 0.362 e. The quantitative estimate of drug-likeness (QED) is 0.850. The van der Waals surface area contributed by atoms with Gasteiger partial charge in [0.25, 0.3) is 5.91 Å². The van der Waals surface area contributed by atoms with Crippen molar-refractivity contribution in [3.63, 3.8) is 0 Å². The summed E-state index contributed by atoms with van der Waals surface area (Å²) >= 11 is 3.43. The van der Waals surface area contributed by atoms with Gasteiger partial charge < -0.3 is 4.74 Å². The second kappa shape index (κ2) is 4.89. The summed E-state index contributed by atoms with van der Waals surface area (Å²) < 4.78 is 6.84. The lowest BCUT2D eigenvalue weighted by molar-refractivity contribution is -0.228. The van der Waals surface area contributed by atoms with Crippen molar-refractivity contribution in [1.29, 1.82) is 0 Å². The predicted octanol–water partition coefficient (Wildman–Crippen LogP) is 2.83. The molecular weight excluding hydrogens is 310 g/mol. The van der Waals surface area contributed by atoms with Crippen LogP contribution in [-0.2, 0) is 16.0 Å². The number of hydrogen-bond donors (Lipinski definition) is 1. The highest BCUT2D eigenvalue weighted by Crippen LogP contribution is 2.42. The van der Waals surface area contributed by atoms with Gasteiger partial charge in [-0.1, -0.05) is 35.3 Å². The molecule has 3 atom stereocenters. The van der Waals surface area contributed by atoms with Crippen molar-refractivity contribution in [3.8, 4) is 0 Å². The summed E-state index contributed by atoms with van der Waals surface area (Å²) in [7, 11) is 0. The van der Waals surface area contributed by atoms with Crippen LogP contribution in [0.4, 0.5) is 0 Å². The molecule has 2 aliphatic rings. The van der Waals surface area contributed by atoms with Crippen LogP contribution in [0.2, 0.25) is 0 Å². The Morgan fingerprint density at radius 2 is 2.32 bits per heavy atom. The van der Waals surface area contributed by atoms with Crippen LogP contribution < -0.4 is 0 Å². The lowest BCUT2D eigenvalue weighted by atomic mass is 10.0. The molecule has 1 unspecified atom stereocenters. The molecule has 1 aliphatic carbocycles. The van der Waals surface area contributed by atoms with Gasteiger partial charge in [0.15, 0.2) is 0 Å². The highest BCUT2D eigenvalue weighted by atomic mass is 79.9. The summed E-state index contributed by atoms with van der Waals surface area (Å²) in [6.07, 6.45) is 1.62. The Morgan fingerprint density at radius 3 is 3.05 bits per heavy atom. The average molecular weight is 326 g/mol. The molecule has 19 heavy (non-hydrogen) atoms. The van der Waals surface area contributed by atoms with Crippen molar-refractivity contribution in [2.45, 2.75) is 44.4 Å². The Bertz CT molecular complexity index is 519. The third-order valence-electron chi connectivity index (χ3n) is 3.85. The van der Waals surface area contributed by atoms with E-state index in [-0.39, 0.29) is 18.1 Å². The van der Waals surface area contributed by atoms with Crippen molar-refractivity contribution < 1.29 is 14.7 Å². The van der Waals surface area contributed by atoms with Gasteiger partial charge in [-0.3, -0.25) is 10.0 Å². The molecule has 0 saturated carbocycles. The molecule has 5 heteroatoms. The van der Waals surface area contributed by atoms with E-state index in [0.29, 0.717) is 6.42 Å². The summed E-state index contributed by atoms with van der Waals surface area (Å²) in [4.78, 5) is 12.1. The molecule has 0 aromatic heterocycles. The van der Waals surface area contributed by atoms with E-state index in [1.165, 1.54) is 0 Å². The first-order chi connectivity index (χ1) is 9.11. The Morgan fingerprint density at radius 1 is 1.53 bits per heavy atom. The van der Waals surface area contributed by atoms with Gasteiger partial charge in [-0.15, -0.1) is 0 Å². The highest BCUT2D eigenvalue weighted by molar-refractivity contribution is 9.10. The molecule has 1 heterocycles. The van der Waals surface area contributed by atoms with Gasteiger partial charge >= 0.3 is 0 Å². The topological polar surface area (TPSA) is 49.8 Å². The van der Waals surface area contributed by atoms with Crippen molar-refractivity contribution in [1.82, 2.24) is 5.06 Å². The zero-order valence-electron chi connectivity index (χ0n) is 10.7. The average Bonchev–Trinajstić information content (AvgIpc) is 2.73. The summed E-state index contributed by atoms with van der Waals surface area (Å²) in [6.45, 7) is 2.00. The standard InChI is InChI=1S/C14H16BrNO3/c1-2-3-11-14(17)16(18)13-10-7-9(15)5-4-8(10)6-12(13)19-11/h4-5,7,11-13,18H,2-3,6H2,1H3/t11?,12-,13+/m0/s1. The SMILES string of the molecule is CCCC1O[C@H]2Cc3ccc(Br)cc3[C@H]2N(O)C1=O. The molecule has 1 aliphatic heterocycles. The van der Waals surface area contributed by atoms with E-state index in [4.69, 9.17) is 4.74 Å². The molecule has 3 rings (SSSR count). The van der Waals surface area contributed by atoms with E-state index >= 15 is 0 Å². The first-order valence-corrected chi connectivity index (χ1v) is 7.37. The van der Waals surface area contributed by atoms with Crippen molar-refractivity contribution in [3.05, 3.63) is 33.8 Å². The van der Waals surface area contributed by atoms with Gasteiger partial charge in [0.1, 0.15) is 12.1 Å². The smallest absolute Gasteiger partial charge is 0.275 e. The molecule has 1 amide bonds. The zero-order valence-corrected chi connectivity index (χ0v) is 12.3. The van der Waals surface area contributed by atoms with Crippen LogP contribution in [0, 0.1) is 0 Å². The number of amides is 1. The van der Waals surface area contributed by atoms with Gasteiger partial charge in [-0.05, 0) is 29.7 Å². The number of carbonyl (C=O) groups excluding carboxylic acids is 1. The third-order valence-corrected chi connectivity index (χ3v) is 4.35. The Hall–Kier alpha value is -0.910. The number of carbonyl (C=O) groups is 1. The first-order valence-electron chi connectivity index (χ1n) is 6.57. The fraction of sp³-hybridized carbons (Fsp3) is 0.500. The molecule has 1 aromatic carbocycles. The van der Waals surface area contributed by atoms with Crippen LogP contribution in [-0.4, -0.2) is 28.4 Å². The van der Waals surface area contributed by atoms with Gasteiger partial charge in [-0.2, -0.15) is 0 Å². The normalized spacial score (nSPS) is 29.3. The molecule has 1 aromatic rings. The third kappa shape index (κ3) is 2.10. The minimum atomic E-state index is -0.506. The molecule has 0 bridgehead atoms. The molecular formula is C14H16BrNO3. The molecule has 4 nitrogen and oxygen atoms in total. The molecule has 1 fully saturated rings. The van der Waals surface area contributed by atoms with Crippen LogP contribution in [0.1, 0.15) is 36.9 Å². The number of hydroxylamine groups is 2. The van der Waals surface area contributed by atoms with Gasteiger partial charge in [0, 0.05) is 10.9 Å². The molecule has 1 N–H and O–H groups in total. The first kappa shape index (κ1) is 13.1. The highest BCUT2D eigenvalue weighted by Gasteiger charge is 2.47. The molecule has 0 radical (unpaired) electrons. The van der Waals surface area contributed by atoms with Crippen LogP contribution in [0.3, 0.4) is 0 Å². The van der Waals surface area contributed by atoms with E-state index in [1.54, 1.807) is 0 Å². The fourth-order valence-corrected chi connectivity index (χ4v) is 3.35. The molecule has 102 valence electrons. The van der Waals surface area contributed by atoms with Gasteiger partial charge in [0.2, 0.25) is 0 Å². The maximum absolute atomic E-state index is 12.1. The number of benzene rings is 1. The Labute approximate surface area is 120 Å². The van der Waals surface area contributed by atoms with Crippen LogP contribution in [0.15, 0.2) is 22.7 Å². The second-order valence-corrected chi connectivity index (χ2v) is 6.04. The van der Waals surface area contributed by atoms with Crippen LogP contribution in [0.25, 0.3) is 0 Å². The lowest BCUT2D eigenvalue weighted by Gasteiger charge is -2.37. The van der Waals surface area contributed by atoms with E-state index in [9.17, 15) is 10.0 Å². The van der Waals surface area contributed by atoms with E-state index < -0.39 is 6.10 Å².